The molecule has 0 unspecified atom stereocenters. The second kappa shape index (κ2) is 6.94. The first-order valence-corrected chi connectivity index (χ1v) is 8.08. The van der Waals surface area contributed by atoms with E-state index in [1.165, 1.54) is 12.3 Å². The highest BCUT2D eigenvalue weighted by Gasteiger charge is 2.17. The molecule has 4 aromatic rings. The van der Waals surface area contributed by atoms with Gasteiger partial charge in [0.05, 0.1) is 18.4 Å². The van der Waals surface area contributed by atoms with Gasteiger partial charge in [-0.1, -0.05) is 23.4 Å². The Morgan fingerprint density at radius 1 is 1.11 bits per heavy atom. The van der Waals surface area contributed by atoms with Gasteiger partial charge in [0, 0.05) is 18.7 Å². The molecule has 4 rings (SSSR count). The third-order valence-corrected chi connectivity index (χ3v) is 3.97. The Morgan fingerprint density at radius 3 is 2.70 bits per heavy atom. The average Bonchev–Trinajstić information content (AvgIpc) is 3.34. The second-order valence-electron chi connectivity index (χ2n) is 5.69. The van der Waals surface area contributed by atoms with Gasteiger partial charge >= 0.3 is 0 Å². The maximum atomic E-state index is 14.1. The maximum Gasteiger partial charge on any atom is 0.183 e. The van der Waals surface area contributed by atoms with Crippen molar-refractivity contribution in [1.82, 2.24) is 24.9 Å². The smallest absolute Gasteiger partial charge is 0.183 e. The van der Waals surface area contributed by atoms with Gasteiger partial charge in [0.1, 0.15) is 23.5 Å². The molecule has 3 aromatic heterocycles. The van der Waals surface area contributed by atoms with Gasteiger partial charge in [-0.2, -0.15) is 5.10 Å². The van der Waals surface area contributed by atoms with Crippen molar-refractivity contribution >= 4 is 5.82 Å². The molecule has 0 spiro atoms. The summed E-state index contributed by atoms with van der Waals surface area (Å²) in [6.45, 7) is 0.176. The lowest BCUT2D eigenvalue weighted by Crippen LogP contribution is -2.06. The Kier molecular flexibility index (Phi) is 4.33. The Bertz CT molecular complexity index is 1080. The fraction of sp³-hybridized carbons (Fsp3) is 0.111. The maximum absolute atomic E-state index is 14.1. The van der Waals surface area contributed by atoms with E-state index in [0.29, 0.717) is 22.6 Å². The normalized spacial score (nSPS) is 10.9. The van der Waals surface area contributed by atoms with Gasteiger partial charge in [0.2, 0.25) is 0 Å². The summed E-state index contributed by atoms with van der Waals surface area (Å²) < 4.78 is 34.2. The third kappa shape index (κ3) is 3.26. The zero-order valence-corrected chi connectivity index (χ0v) is 14.2. The predicted octanol–water partition coefficient (Wildman–Crippen LogP) is 3.36. The van der Waals surface area contributed by atoms with Crippen LogP contribution in [0.25, 0.3) is 22.9 Å². The van der Waals surface area contributed by atoms with Gasteiger partial charge in [0.15, 0.2) is 17.5 Å². The van der Waals surface area contributed by atoms with Crippen molar-refractivity contribution in [2.45, 2.75) is 6.54 Å². The van der Waals surface area contributed by atoms with Crippen LogP contribution in [-0.4, -0.2) is 32.0 Å². The molecule has 0 aliphatic carbocycles. The first-order valence-electron chi connectivity index (χ1n) is 8.08. The van der Waals surface area contributed by atoms with Crippen LogP contribution in [0.1, 0.15) is 5.56 Å². The molecule has 0 fully saturated rings. The second-order valence-corrected chi connectivity index (χ2v) is 5.69. The zero-order chi connectivity index (χ0) is 18.8. The van der Waals surface area contributed by atoms with E-state index in [1.807, 2.05) is 0 Å². The molecule has 136 valence electrons. The summed E-state index contributed by atoms with van der Waals surface area (Å²) in [7, 11) is 1.56. The SMILES string of the molecule is CNc1nc(-c2cc(-c3ccon3)n(Cc3ccccc3F)n2)ncc1F. The van der Waals surface area contributed by atoms with E-state index in [-0.39, 0.29) is 24.0 Å². The molecule has 7 nitrogen and oxygen atoms in total. The minimum atomic E-state index is -0.566. The molecule has 0 aliphatic heterocycles. The Morgan fingerprint density at radius 2 is 1.96 bits per heavy atom. The average molecular weight is 368 g/mol. The number of nitrogens with one attached hydrogen (secondary N) is 1. The fourth-order valence-corrected chi connectivity index (χ4v) is 2.65. The number of nitrogens with zero attached hydrogens (tertiary/aromatic N) is 5. The highest BCUT2D eigenvalue weighted by atomic mass is 19.1. The quantitative estimate of drug-likeness (QED) is 0.582. The van der Waals surface area contributed by atoms with Crippen LogP contribution in [0.4, 0.5) is 14.6 Å². The van der Waals surface area contributed by atoms with E-state index in [4.69, 9.17) is 4.52 Å². The Hall–Kier alpha value is -3.62. The van der Waals surface area contributed by atoms with Gasteiger partial charge in [-0.15, -0.1) is 0 Å². The van der Waals surface area contributed by atoms with E-state index < -0.39 is 5.82 Å². The highest BCUT2D eigenvalue weighted by Crippen LogP contribution is 2.25. The largest absolute Gasteiger partial charge is 0.371 e. The van der Waals surface area contributed by atoms with Crippen LogP contribution in [0.15, 0.2) is 53.4 Å². The molecule has 0 amide bonds. The van der Waals surface area contributed by atoms with Crippen LogP contribution in [0.5, 0.6) is 0 Å². The number of anilines is 1. The van der Waals surface area contributed by atoms with Crippen molar-refractivity contribution in [2.75, 3.05) is 12.4 Å². The summed E-state index contributed by atoms with van der Waals surface area (Å²) in [6.07, 6.45) is 2.50. The number of hydrogen-bond donors (Lipinski definition) is 1. The molecule has 1 N–H and O–H groups in total. The summed E-state index contributed by atoms with van der Waals surface area (Å²) >= 11 is 0. The van der Waals surface area contributed by atoms with E-state index in [9.17, 15) is 8.78 Å². The molecule has 27 heavy (non-hydrogen) atoms. The Balaban J connectivity index is 1.80. The molecule has 0 saturated carbocycles. The lowest BCUT2D eigenvalue weighted by Gasteiger charge is -2.06. The van der Waals surface area contributed by atoms with Gasteiger partial charge in [0.25, 0.3) is 0 Å². The molecule has 0 aliphatic rings. The van der Waals surface area contributed by atoms with Crippen molar-refractivity contribution in [3.05, 3.63) is 66.1 Å². The van der Waals surface area contributed by atoms with E-state index >= 15 is 0 Å². The van der Waals surface area contributed by atoms with Gasteiger partial charge < -0.3 is 9.84 Å². The number of halogens is 2. The van der Waals surface area contributed by atoms with Gasteiger partial charge in [-0.3, -0.25) is 4.68 Å². The van der Waals surface area contributed by atoms with Crippen molar-refractivity contribution in [2.24, 2.45) is 0 Å². The first kappa shape index (κ1) is 16.8. The number of aromatic nitrogens is 5. The van der Waals surface area contributed by atoms with Crippen molar-refractivity contribution in [3.63, 3.8) is 0 Å². The van der Waals surface area contributed by atoms with Crippen LogP contribution >= 0.6 is 0 Å². The summed E-state index contributed by atoms with van der Waals surface area (Å²) in [5.74, 6) is -0.607. The summed E-state index contributed by atoms with van der Waals surface area (Å²) in [5.41, 5.74) is 2.00. The van der Waals surface area contributed by atoms with Crippen LogP contribution in [-0.2, 0) is 6.54 Å². The topological polar surface area (TPSA) is 81.7 Å². The monoisotopic (exact) mass is 368 g/mol. The Labute approximate surface area is 152 Å². The van der Waals surface area contributed by atoms with E-state index in [2.05, 4.69) is 25.5 Å². The number of hydrogen-bond acceptors (Lipinski definition) is 6. The fourth-order valence-electron chi connectivity index (χ4n) is 2.65. The van der Waals surface area contributed by atoms with Crippen LogP contribution in [0, 0.1) is 11.6 Å². The first-order chi connectivity index (χ1) is 13.2. The standard InChI is InChI=1S/C18H14F2N6O/c1-21-17-13(20)9-22-18(23-17)15-8-16(14-6-7-27-25-14)26(24-15)10-11-4-2-3-5-12(11)19/h2-9H,10H2,1H3,(H,21,22,23). The molecule has 0 saturated heterocycles. The van der Waals surface area contributed by atoms with Crippen LogP contribution < -0.4 is 5.32 Å². The molecule has 0 bridgehead atoms. The number of rotatable bonds is 5. The molecular formula is C18H14F2N6O. The molecule has 0 radical (unpaired) electrons. The summed E-state index contributed by atoms with van der Waals surface area (Å²) in [5, 5.41) is 11.1. The predicted molar refractivity (Wildman–Crippen MR) is 93.8 cm³/mol. The molecule has 9 heteroatoms. The number of benzene rings is 1. The van der Waals surface area contributed by atoms with Gasteiger partial charge in [-0.05, 0) is 12.1 Å². The van der Waals surface area contributed by atoms with Crippen molar-refractivity contribution in [1.29, 1.82) is 0 Å². The summed E-state index contributed by atoms with van der Waals surface area (Å²) in [4.78, 5) is 8.13. The lowest BCUT2D eigenvalue weighted by molar-refractivity contribution is 0.421. The molecular weight excluding hydrogens is 354 g/mol. The molecule has 3 heterocycles. The van der Waals surface area contributed by atoms with Crippen LogP contribution in [0.3, 0.4) is 0 Å². The van der Waals surface area contributed by atoms with Crippen molar-refractivity contribution < 1.29 is 13.3 Å². The summed E-state index contributed by atoms with van der Waals surface area (Å²) in [6, 6.07) is 9.81. The molecule has 1 aromatic carbocycles. The zero-order valence-electron chi connectivity index (χ0n) is 14.2. The van der Waals surface area contributed by atoms with Crippen LogP contribution in [0.2, 0.25) is 0 Å². The molecule has 0 atom stereocenters. The van der Waals surface area contributed by atoms with Crippen molar-refractivity contribution in [3.8, 4) is 22.9 Å². The third-order valence-electron chi connectivity index (χ3n) is 3.97. The van der Waals surface area contributed by atoms with Gasteiger partial charge in [-0.25, -0.2) is 18.7 Å². The minimum Gasteiger partial charge on any atom is -0.371 e. The minimum absolute atomic E-state index is 0.0617. The van der Waals surface area contributed by atoms with E-state index in [1.54, 1.807) is 42.1 Å². The van der Waals surface area contributed by atoms with E-state index in [0.717, 1.165) is 6.20 Å². The lowest BCUT2D eigenvalue weighted by atomic mass is 10.2. The highest BCUT2D eigenvalue weighted by molar-refractivity contribution is 5.63.